The molecule has 0 spiro atoms. The van der Waals surface area contributed by atoms with E-state index in [2.05, 4.69) is 4.98 Å². The Kier molecular flexibility index (Phi) is 3.39. The number of nitrogens with two attached hydrogens (primary N) is 1. The normalized spacial score (nSPS) is 13.4. The van der Waals surface area contributed by atoms with Crippen LogP contribution in [0, 0.1) is 13.8 Å². The third-order valence-electron chi connectivity index (χ3n) is 1.95. The van der Waals surface area contributed by atoms with Gasteiger partial charge in [0.2, 0.25) is 0 Å². The van der Waals surface area contributed by atoms with E-state index in [1.54, 1.807) is 19.9 Å². The van der Waals surface area contributed by atoms with E-state index in [4.69, 9.17) is 17.3 Å². The lowest BCUT2D eigenvalue weighted by atomic mass is 10.0. The molecule has 0 aromatic carbocycles. The number of halogens is 3. The molecule has 0 saturated carbocycles. The highest BCUT2D eigenvalue weighted by molar-refractivity contribution is 6.30. The average Bonchev–Trinajstić information content (AvgIpc) is 2.01. The van der Waals surface area contributed by atoms with E-state index in [1.807, 2.05) is 0 Å². The summed E-state index contributed by atoms with van der Waals surface area (Å²) in [5.41, 5.74) is 6.88. The van der Waals surface area contributed by atoms with E-state index in [9.17, 15) is 8.78 Å². The van der Waals surface area contributed by atoms with Crippen LogP contribution in [0.5, 0.6) is 0 Å². The van der Waals surface area contributed by atoms with Gasteiger partial charge < -0.3 is 5.73 Å². The fourth-order valence-corrected chi connectivity index (χ4v) is 1.74. The third kappa shape index (κ3) is 2.19. The zero-order valence-corrected chi connectivity index (χ0v) is 8.65. The van der Waals surface area contributed by atoms with Crippen LogP contribution in [0.4, 0.5) is 8.78 Å². The number of hydrogen-bond donors (Lipinski definition) is 1. The van der Waals surface area contributed by atoms with E-state index in [0.717, 1.165) is 0 Å². The molecule has 14 heavy (non-hydrogen) atoms. The average molecular weight is 221 g/mol. The van der Waals surface area contributed by atoms with E-state index >= 15 is 0 Å². The highest BCUT2D eigenvalue weighted by Gasteiger charge is 2.22. The summed E-state index contributed by atoms with van der Waals surface area (Å²) < 4.78 is 24.7. The van der Waals surface area contributed by atoms with E-state index in [1.165, 1.54) is 0 Å². The highest BCUT2D eigenvalue weighted by Crippen LogP contribution is 2.27. The minimum atomic E-state index is -2.63. The van der Waals surface area contributed by atoms with Crippen molar-refractivity contribution in [3.05, 3.63) is 28.0 Å². The van der Waals surface area contributed by atoms with E-state index < -0.39 is 12.5 Å². The Morgan fingerprint density at radius 1 is 1.43 bits per heavy atom. The van der Waals surface area contributed by atoms with Crippen LogP contribution < -0.4 is 5.73 Å². The Hall–Kier alpha value is -0.740. The first-order chi connectivity index (χ1) is 6.43. The van der Waals surface area contributed by atoms with Crippen molar-refractivity contribution in [2.75, 3.05) is 0 Å². The second-order valence-electron chi connectivity index (χ2n) is 3.15. The first kappa shape index (κ1) is 11.3. The Bertz CT molecular complexity index is 319. The van der Waals surface area contributed by atoms with Crippen LogP contribution in [0.1, 0.15) is 22.9 Å². The van der Waals surface area contributed by atoms with Crippen molar-refractivity contribution in [3.8, 4) is 0 Å². The molecule has 1 aromatic rings. The van der Waals surface area contributed by atoms with E-state index in [-0.39, 0.29) is 10.7 Å². The highest BCUT2D eigenvalue weighted by atomic mass is 35.5. The van der Waals surface area contributed by atoms with Crippen LogP contribution >= 0.6 is 11.6 Å². The zero-order chi connectivity index (χ0) is 10.9. The predicted molar refractivity (Wildman–Crippen MR) is 51.7 cm³/mol. The van der Waals surface area contributed by atoms with Crippen LogP contribution in [0.15, 0.2) is 6.07 Å². The Labute approximate surface area is 86.1 Å². The fraction of sp³-hybridized carbons (Fsp3) is 0.444. The smallest absolute Gasteiger partial charge is 0.257 e. The Morgan fingerprint density at radius 3 is 2.43 bits per heavy atom. The van der Waals surface area contributed by atoms with Gasteiger partial charge in [0, 0.05) is 11.3 Å². The minimum absolute atomic E-state index is 0.0651. The molecule has 0 fully saturated rings. The SMILES string of the molecule is Cc1cc(C)c(C(N)C(F)F)c(Cl)n1. The van der Waals surface area contributed by atoms with Crippen LogP contribution in [-0.2, 0) is 0 Å². The molecule has 2 N–H and O–H groups in total. The first-order valence-corrected chi connectivity index (χ1v) is 4.48. The summed E-state index contributed by atoms with van der Waals surface area (Å²) in [6.07, 6.45) is -2.63. The van der Waals surface area contributed by atoms with Gasteiger partial charge in [0.1, 0.15) is 5.15 Å². The number of hydrogen-bond acceptors (Lipinski definition) is 2. The van der Waals surface area contributed by atoms with Gasteiger partial charge in [-0.05, 0) is 25.5 Å². The molecule has 0 amide bonds. The topological polar surface area (TPSA) is 38.9 Å². The molecule has 2 nitrogen and oxygen atoms in total. The Morgan fingerprint density at radius 2 is 2.00 bits per heavy atom. The van der Waals surface area contributed by atoms with Crippen molar-refractivity contribution in [1.82, 2.24) is 4.98 Å². The van der Waals surface area contributed by atoms with Crippen molar-refractivity contribution in [1.29, 1.82) is 0 Å². The zero-order valence-electron chi connectivity index (χ0n) is 7.89. The number of nitrogens with zero attached hydrogens (tertiary/aromatic N) is 1. The quantitative estimate of drug-likeness (QED) is 0.779. The van der Waals surface area contributed by atoms with E-state index in [0.29, 0.717) is 11.3 Å². The largest absolute Gasteiger partial charge is 0.319 e. The number of rotatable bonds is 2. The number of aryl methyl sites for hydroxylation is 2. The fourth-order valence-electron chi connectivity index (χ4n) is 1.33. The summed E-state index contributed by atoms with van der Waals surface area (Å²) in [7, 11) is 0. The van der Waals surface area contributed by atoms with Crippen molar-refractivity contribution in [2.24, 2.45) is 5.73 Å². The van der Waals surface area contributed by atoms with Crippen LogP contribution in [0.2, 0.25) is 5.15 Å². The Balaban J connectivity index is 3.20. The molecule has 1 aromatic heterocycles. The van der Waals surface area contributed by atoms with Gasteiger partial charge in [0.25, 0.3) is 6.43 Å². The maximum absolute atomic E-state index is 12.4. The second-order valence-corrected chi connectivity index (χ2v) is 3.50. The molecule has 1 rings (SSSR count). The third-order valence-corrected chi connectivity index (χ3v) is 2.24. The summed E-state index contributed by atoms with van der Waals surface area (Å²) in [6.45, 7) is 3.44. The van der Waals surface area contributed by atoms with Gasteiger partial charge in [-0.25, -0.2) is 13.8 Å². The van der Waals surface area contributed by atoms with Gasteiger partial charge in [-0.1, -0.05) is 11.6 Å². The number of aromatic nitrogens is 1. The second kappa shape index (κ2) is 4.19. The van der Waals surface area contributed by atoms with Gasteiger partial charge in [0.05, 0.1) is 6.04 Å². The first-order valence-electron chi connectivity index (χ1n) is 4.11. The van der Waals surface area contributed by atoms with Gasteiger partial charge in [-0.2, -0.15) is 0 Å². The van der Waals surface area contributed by atoms with Crippen molar-refractivity contribution in [3.63, 3.8) is 0 Å². The standard InChI is InChI=1S/C9H11ClF2N2/c1-4-3-5(2)14-8(10)6(4)7(13)9(11)12/h3,7,9H,13H2,1-2H3. The maximum atomic E-state index is 12.4. The molecule has 0 radical (unpaired) electrons. The summed E-state index contributed by atoms with van der Waals surface area (Å²) in [5, 5.41) is 0.0651. The maximum Gasteiger partial charge on any atom is 0.257 e. The number of alkyl halides is 2. The molecule has 78 valence electrons. The van der Waals surface area contributed by atoms with Gasteiger partial charge in [-0.15, -0.1) is 0 Å². The molecule has 0 aliphatic rings. The van der Waals surface area contributed by atoms with Crippen molar-refractivity contribution in [2.45, 2.75) is 26.3 Å². The molecular formula is C9H11ClF2N2. The molecule has 5 heteroatoms. The molecule has 1 atom stereocenters. The number of pyridine rings is 1. The molecular weight excluding hydrogens is 210 g/mol. The van der Waals surface area contributed by atoms with Crippen LogP contribution in [0.25, 0.3) is 0 Å². The predicted octanol–water partition coefficient (Wildman–Crippen LogP) is 2.62. The minimum Gasteiger partial charge on any atom is -0.319 e. The molecule has 1 unspecified atom stereocenters. The summed E-state index contributed by atoms with van der Waals surface area (Å²) in [6, 6.07) is 0.319. The summed E-state index contributed by atoms with van der Waals surface area (Å²) in [4.78, 5) is 3.89. The molecule has 0 aliphatic heterocycles. The van der Waals surface area contributed by atoms with Gasteiger partial charge >= 0.3 is 0 Å². The van der Waals surface area contributed by atoms with Gasteiger partial charge in [-0.3, -0.25) is 0 Å². The molecule has 0 aliphatic carbocycles. The molecule has 0 saturated heterocycles. The van der Waals surface area contributed by atoms with Crippen LogP contribution in [-0.4, -0.2) is 11.4 Å². The lowest BCUT2D eigenvalue weighted by Gasteiger charge is -2.15. The lowest BCUT2D eigenvalue weighted by molar-refractivity contribution is 0.116. The van der Waals surface area contributed by atoms with Crippen molar-refractivity contribution >= 4 is 11.6 Å². The van der Waals surface area contributed by atoms with Crippen LogP contribution in [0.3, 0.4) is 0 Å². The lowest BCUT2D eigenvalue weighted by Crippen LogP contribution is -2.21. The van der Waals surface area contributed by atoms with Gasteiger partial charge in [0.15, 0.2) is 0 Å². The molecule has 1 heterocycles. The summed E-state index contributed by atoms with van der Waals surface area (Å²) in [5.74, 6) is 0. The monoisotopic (exact) mass is 220 g/mol. The summed E-state index contributed by atoms with van der Waals surface area (Å²) >= 11 is 5.75. The van der Waals surface area contributed by atoms with Crippen molar-refractivity contribution < 1.29 is 8.78 Å². The molecule has 0 bridgehead atoms.